The van der Waals surface area contributed by atoms with Gasteiger partial charge in [0.15, 0.2) is 5.78 Å². The highest BCUT2D eigenvalue weighted by Crippen LogP contribution is 2.23. The van der Waals surface area contributed by atoms with Crippen LogP contribution in [0.2, 0.25) is 0 Å². The van der Waals surface area contributed by atoms with Crippen LogP contribution in [0, 0.1) is 0 Å². The predicted molar refractivity (Wildman–Crippen MR) is 66.3 cm³/mol. The number of nitrogens with zero attached hydrogens (tertiary/aromatic N) is 1. The molecule has 0 N–H and O–H groups in total. The molecule has 3 heteroatoms. The first-order chi connectivity index (χ1) is 8.16. The van der Waals surface area contributed by atoms with E-state index >= 15 is 0 Å². The summed E-state index contributed by atoms with van der Waals surface area (Å²) in [6.07, 6.45) is 8.33. The molecule has 0 spiro atoms. The summed E-state index contributed by atoms with van der Waals surface area (Å²) >= 11 is 0. The molecule has 0 fully saturated rings. The summed E-state index contributed by atoms with van der Waals surface area (Å²) in [7, 11) is 0. The lowest BCUT2D eigenvalue weighted by molar-refractivity contribution is 0.103. The van der Waals surface area contributed by atoms with Crippen molar-refractivity contribution in [3.05, 3.63) is 35.7 Å². The lowest BCUT2D eigenvalue weighted by Gasteiger charge is -2.10. The highest BCUT2D eigenvalue weighted by molar-refractivity contribution is 6.08. The molecular formula is C14H17NO2. The molecule has 1 aromatic rings. The van der Waals surface area contributed by atoms with Gasteiger partial charge in [0, 0.05) is 11.8 Å². The number of rotatable bonds is 4. The van der Waals surface area contributed by atoms with Gasteiger partial charge >= 0.3 is 0 Å². The number of ether oxygens (including phenoxy) is 1. The Kier molecular flexibility index (Phi) is 3.57. The highest BCUT2D eigenvalue weighted by Gasteiger charge is 2.16. The topological polar surface area (TPSA) is 39.2 Å². The van der Waals surface area contributed by atoms with Gasteiger partial charge in [-0.3, -0.25) is 9.78 Å². The van der Waals surface area contributed by atoms with Crippen LogP contribution in [0.4, 0.5) is 0 Å². The first kappa shape index (κ1) is 11.8. The third-order valence-corrected chi connectivity index (χ3v) is 2.68. The first-order valence-corrected chi connectivity index (χ1v) is 6.02. The molecule has 0 aliphatic heterocycles. The van der Waals surface area contributed by atoms with Crippen molar-refractivity contribution < 1.29 is 9.53 Å². The Morgan fingerprint density at radius 3 is 2.88 bits per heavy atom. The summed E-state index contributed by atoms with van der Waals surface area (Å²) in [5.41, 5.74) is 1.53. The van der Waals surface area contributed by atoms with Gasteiger partial charge in [-0.05, 0) is 44.7 Å². The fraction of sp³-hybridized carbons (Fsp3) is 0.429. The Bertz CT molecular complexity index is 449. The number of aromatic nitrogens is 1. The average molecular weight is 231 g/mol. The number of Topliss-reactive ketones (excluding diaryl/α,β-unsaturated/α-hetero) is 1. The smallest absolute Gasteiger partial charge is 0.190 e. The number of allylic oxidation sites excluding steroid dienone is 2. The maximum absolute atomic E-state index is 12.1. The van der Waals surface area contributed by atoms with E-state index in [-0.39, 0.29) is 11.9 Å². The van der Waals surface area contributed by atoms with Crippen molar-refractivity contribution in [2.24, 2.45) is 0 Å². The standard InChI is InChI=1S/C14H17NO2/c1-10(2)17-13-7-12(8-15-9-13)14(16)11-5-3-4-6-11/h5,7-10H,3-4,6H2,1-2H3. The summed E-state index contributed by atoms with van der Waals surface area (Å²) in [5.74, 6) is 0.744. The second-order valence-corrected chi connectivity index (χ2v) is 4.53. The molecule has 0 saturated heterocycles. The molecule has 1 aromatic heterocycles. The van der Waals surface area contributed by atoms with Crippen molar-refractivity contribution >= 4 is 5.78 Å². The molecule has 1 heterocycles. The Balaban J connectivity index is 2.18. The zero-order valence-corrected chi connectivity index (χ0v) is 10.3. The van der Waals surface area contributed by atoms with Gasteiger partial charge in [-0.25, -0.2) is 0 Å². The third-order valence-electron chi connectivity index (χ3n) is 2.68. The summed E-state index contributed by atoms with van der Waals surface area (Å²) in [6.45, 7) is 3.90. The number of pyridine rings is 1. The van der Waals surface area contributed by atoms with Crippen molar-refractivity contribution in [1.82, 2.24) is 4.98 Å². The molecule has 0 unspecified atom stereocenters. The molecule has 0 aromatic carbocycles. The molecule has 90 valence electrons. The van der Waals surface area contributed by atoms with Gasteiger partial charge in [0.25, 0.3) is 0 Å². The van der Waals surface area contributed by atoms with Crippen LogP contribution in [0.15, 0.2) is 30.1 Å². The SMILES string of the molecule is CC(C)Oc1cncc(C(=O)C2=CCCC2)c1. The van der Waals surface area contributed by atoms with E-state index in [9.17, 15) is 4.79 Å². The van der Waals surface area contributed by atoms with E-state index in [1.807, 2.05) is 19.9 Å². The van der Waals surface area contributed by atoms with Crippen LogP contribution in [-0.4, -0.2) is 16.9 Å². The molecule has 0 bridgehead atoms. The zero-order chi connectivity index (χ0) is 12.3. The number of hydrogen-bond donors (Lipinski definition) is 0. The maximum atomic E-state index is 12.1. The van der Waals surface area contributed by atoms with Crippen molar-refractivity contribution in [3.63, 3.8) is 0 Å². The van der Waals surface area contributed by atoms with Crippen molar-refractivity contribution in [1.29, 1.82) is 0 Å². The lowest BCUT2D eigenvalue weighted by atomic mass is 10.0. The van der Waals surface area contributed by atoms with Gasteiger partial charge in [0.1, 0.15) is 5.75 Å². The molecule has 2 rings (SSSR count). The Labute approximate surface area is 102 Å². The fourth-order valence-electron chi connectivity index (χ4n) is 1.94. The van der Waals surface area contributed by atoms with Gasteiger partial charge in [0.05, 0.1) is 12.3 Å². The molecule has 1 aliphatic rings. The van der Waals surface area contributed by atoms with Crippen LogP contribution in [0.1, 0.15) is 43.5 Å². The van der Waals surface area contributed by atoms with Crippen LogP contribution in [0.5, 0.6) is 5.75 Å². The molecule has 3 nitrogen and oxygen atoms in total. The van der Waals surface area contributed by atoms with Gasteiger partial charge in [-0.15, -0.1) is 0 Å². The number of carbonyl (C=O) groups excluding carboxylic acids is 1. The lowest BCUT2D eigenvalue weighted by Crippen LogP contribution is -2.08. The van der Waals surface area contributed by atoms with Crippen LogP contribution in [0.25, 0.3) is 0 Å². The van der Waals surface area contributed by atoms with Gasteiger partial charge in [0.2, 0.25) is 0 Å². The number of carbonyl (C=O) groups is 1. The predicted octanol–water partition coefficient (Wildman–Crippen LogP) is 3.16. The molecule has 0 atom stereocenters. The quantitative estimate of drug-likeness (QED) is 0.747. The molecular weight excluding hydrogens is 214 g/mol. The summed E-state index contributed by atoms with van der Waals surface area (Å²) in [4.78, 5) is 16.2. The average Bonchev–Trinajstić information content (AvgIpc) is 2.81. The van der Waals surface area contributed by atoms with Gasteiger partial charge in [-0.2, -0.15) is 0 Å². The Morgan fingerprint density at radius 2 is 2.24 bits per heavy atom. The molecule has 0 radical (unpaired) electrons. The van der Waals surface area contributed by atoms with E-state index in [1.54, 1.807) is 18.5 Å². The van der Waals surface area contributed by atoms with Crippen molar-refractivity contribution in [3.8, 4) is 5.75 Å². The third kappa shape index (κ3) is 2.93. The van der Waals surface area contributed by atoms with Crippen LogP contribution in [0.3, 0.4) is 0 Å². The Morgan fingerprint density at radius 1 is 1.41 bits per heavy atom. The Hall–Kier alpha value is -1.64. The van der Waals surface area contributed by atoms with E-state index in [0.29, 0.717) is 11.3 Å². The minimum Gasteiger partial charge on any atom is -0.489 e. The van der Waals surface area contributed by atoms with Gasteiger partial charge < -0.3 is 4.74 Å². The maximum Gasteiger partial charge on any atom is 0.190 e. The summed E-state index contributed by atoms with van der Waals surface area (Å²) < 4.78 is 5.53. The van der Waals surface area contributed by atoms with E-state index in [1.165, 1.54) is 0 Å². The monoisotopic (exact) mass is 231 g/mol. The highest BCUT2D eigenvalue weighted by atomic mass is 16.5. The van der Waals surface area contributed by atoms with E-state index in [2.05, 4.69) is 4.98 Å². The molecule has 17 heavy (non-hydrogen) atoms. The summed E-state index contributed by atoms with van der Waals surface area (Å²) in [5, 5.41) is 0. The largest absolute Gasteiger partial charge is 0.489 e. The van der Waals surface area contributed by atoms with Crippen LogP contribution < -0.4 is 4.74 Å². The fourth-order valence-corrected chi connectivity index (χ4v) is 1.94. The van der Waals surface area contributed by atoms with E-state index in [4.69, 9.17) is 4.74 Å². The first-order valence-electron chi connectivity index (χ1n) is 6.02. The molecule has 0 amide bonds. The normalized spacial score (nSPS) is 14.9. The van der Waals surface area contributed by atoms with E-state index < -0.39 is 0 Å². The van der Waals surface area contributed by atoms with Crippen LogP contribution in [-0.2, 0) is 0 Å². The zero-order valence-electron chi connectivity index (χ0n) is 10.3. The summed E-state index contributed by atoms with van der Waals surface area (Å²) in [6, 6.07) is 1.77. The second-order valence-electron chi connectivity index (χ2n) is 4.53. The minimum atomic E-state index is 0.0872. The second kappa shape index (κ2) is 5.13. The van der Waals surface area contributed by atoms with Crippen molar-refractivity contribution in [2.45, 2.75) is 39.2 Å². The molecule has 0 saturated carbocycles. The van der Waals surface area contributed by atoms with E-state index in [0.717, 1.165) is 24.8 Å². The van der Waals surface area contributed by atoms with Gasteiger partial charge in [-0.1, -0.05) is 6.08 Å². The molecule has 1 aliphatic carbocycles. The van der Waals surface area contributed by atoms with Crippen LogP contribution >= 0.6 is 0 Å². The minimum absolute atomic E-state index is 0.0872. The number of hydrogen-bond acceptors (Lipinski definition) is 3. The van der Waals surface area contributed by atoms with Crippen molar-refractivity contribution in [2.75, 3.05) is 0 Å². The number of ketones is 1.